The molecule has 4 nitrogen and oxygen atoms in total. The van der Waals surface area contributed by atoms with Crippen LogP contribution in [-0.2, 0) is 0 Å². The van der Waals surface area contributed by atoms with Crippen LogP contribution in [0, 0.1) is 0 Å². The Labute approximate surface area is 91.9 Å². The fraction of sp³-hybridized carbons (Fsp3) is 0. The summed E-state index contributed by atoms with van der Waals surface area (Å²) in [6.45, 7) is 0. The van der Waals surface area contributed by atoms with E-state index in [0.29, 0.717) is 5.56 Å². The standard InChI is InChI=1S/C8H6BrN3OS/c9-6-2-1-5(14-6)4-3-11-12-8(13)7(4)10/h1-3H,(H2,10,11)(H,12,13). The number of hydrogen-bond donors (Lipinski definition) is 2. The Bertz CT molecular complexity index is 519. The molecular weight excluding hydrogens is 266 g/mol. The van der Waals surface area contributed by atoms with Crippen LogP contribution in [0.4, 0.5) is 5.69 Å². The minimum atomic E-state index is -0.355. The summed E-state index contributed by atoms with van der Waals surface area (Å²) in [5, 5.41) is 5.98. The first-order valence-electron chi connectivity index (χ1n) is 3.77. The number of nitrogens with zero attached hydrogens (tertiary/aromatic N) is 1. The highest BCUT2D eigenvalue weighted by Gasteiger charge is 2.08. The number of hydrogen-bond acceptors (Lipinski definition) is 4. The molecule has 6 heteroatoms. The third-order valence-corrected chi connectivity index (χ3v) is 3.39. The van der Waals surface area contributed by atoms with Gasteiger partial charge in [-0.3, -0.25) is 4.79 Å². The molecule has 2 aromatic rings. The summed E-state index contributed by atoms with van der Waals surface area (Å²) in [6, 6.07) is 3.79. The van der Waals surface area contributed by atoms with Gasteiger partial charge in [-0.05, 0) is 28.1 Å². The Kier molecular flexibility index (Phi) is 2.39. The minimum Gasteiger partial charge on any atom is -0.394 e. The molecule has 72 valence electrons. The topological polar surface area (TPSA) is 71.8 Å². The lowest BCUT2D eigenvalue weighted by Gasteiger charge is -1.98. The van der Waals surface area contributed by atoms with E-state index in [9.17, 15) is 4.79 Å². The highest BCUT2D eigenvalue weighted by Crippen LogP contribution is 2.32. The van der Waals surface area contributed by atoms with Crippen molar-refractivity contribution in [2.45, 2.75) is 0 Å². The average Bonchev–Trinajstić information content (AvgIpc) is 2.57. The molecule has 3 N–H and O–H groups in total. The van der Waals surface area contributed by atoms with E-state index in [1.807, 2.05) is 12.1 Å². The largest absolute Gasteiger partial charge is 0.394 e. The maximum absolute atomic E-state index is 11.2. The van der Waals surface area contributed by atoms with Crippen molar-refractivity contribution in [3.8, 4) is 10.4 Å². The van der Waals surface area contributed by atoms with Crippen LogP contribution in [0.15, 0.2) is 26.9 Å². The van der Waals surface area contributed by atoms with E-state index < -0.39 is 0 Å². The van der Waals surface area contributed by atoms with E-state index >= 15 is 0 Å². The Hall–Kier alpha value is -1.14. The molecule has 2 aromatic heterocycles. The van der Waals surface area contributed by atoms with Gasteiger partial charge in [0.1, 0.15) is 5.69 Å². The SMILES string of the molecule is Nc1c(-c2ccc(Br)s2)cn[nH]c1=O. The van der Waals surface area contributed by atoms with E-state index in [1.54, 1.807) is 6.20 Å². The van der Waals surface area contributed by atoms with E-state index in [4.69, 9.17) is 5.73 Å². The number of thiophene rings is 1. The summed E-state index contributed by atoms with van der Waals surface area (Å²) >= 11 is 4.85. The number of rotatable bonds is 1. The molecule has 0 saturated heterocycles. The van der Waals surface area contributed by atoms with Crippen LogP contribution in [0.2, 0.25) is 0 Å². The van der Waals surface area contributed by atoms with Gasteiger partial charge in [0.05, 0.1) is 9.98 Å². The summed E-state index contributed by atoms with van der Waals surface area (Å²) in [6.07, 6.45) is 1.55. The van der Waals surface area contributed by atoms with Crippen molar-refractivity contribution >= 4 is 33.0 Å². The van der Waals surface area contributed by atoms with Crippen LogP contribution >= 0.6 is 27.3 Å². The van der Waals surface area contributed by atoms with Crippen molar-refractivity contribution in [2.75, 3.05) is 5.73 Å². The van der Waals surface area contributed by atoms with Gasteiger partial charge in [0.2, 0.25) is 0 Å². The highest BCUT2D eigenvalue weighted by atomic mass is 79.9. The van der Waals surface area contributed by atoms with Crippen molar-refractivity contribution in [1.82, 2.24) is 10.2 Å². The van der Waals surface area contributed by atoms with Crippen molar-refractivity contribution < 1.29 is 0 Å². The molecular formula is C8H6BrN3OS. The number of aromatic nitrogens is 2. The molecule has 0 saturated carbocycles. The van der Waals surface area contributed by atoms with Gasteiger partial charge in [-0.1, -0.05) is 0 Å². The number of aromatic amines is 1. The number of H-pyrrole nitrogens is 1. The summed E-state index contributed by atoms with van der Waals surface area (Å²) in [4.78, 5) is 12.1. The van der Waals surface area contributed by atoms with Crippen molar-refractivity contribution in [1.29, 1.82) is 0 Å². The summed E-state index contributed by atoms with van der Waals surface area (Å²) < 4.78 is 0.993. The summed E-state index contributed by atoms with van der Waals surface area (Å²) in [5.74, 6) is 0. The second-order valence-corrected chi connectivity index (χ2v) is 5.09. The number of halogens is 1. The number of nitrogen functional groups attached to an aromatic ring is 1. The summed E-state index contributed by atoms with van der Waals surface area (Å²) in [5.41, 5.74) is 6.15. The first-order valence-corrected chi connectivity index (χ1v) is 5.38. The number of nitrogens with one attached hydrogen (secondary N) is 1. The normalized spacial score (nSPS) is 10.4. The van der Waals surface area contributed by atoms with Gasteiger partial charge in [-0.25, -0.2) is 5.10 Å². The molecule has 0 bridgehead atoms. The molecule has 0 aliphatic heterocycles. The second kappa shape index (κ2) is 3.55. The molecule has 2 heterocycles. The lowest BCUT2D eigenvalue weighted by molar-refractivity contribution is 0.996. The van der Waals surface area contributed by atoms with Crippen molar-refractivity contribution in [3.63, 3.8) is 0 Å². The molecule has 14 heavy (non-hydrogen) atoms. The maximum Gasteiger partial charge on any atom is 0.287 e. The Morgan fingerprint density at radius 3 is 2.93 bits per heavy atom. The predicted molar refractivity (Wildman–Crippen MR) is 60.3 cm³/mol. The Morgan fingerprint density at radius 1 is 1.50 bits per heavy atom. The van der Waals surface area contributed by atoms with Crippen LogP contribution in [0.5, 0.6) is 0 Å². The Balaban J connectivity index is 2.63. The molecule has 0 aliphatic carbocycles. The second-order valence-electron chi connectivity index (χ2n) is 2.63. The van der Waals surface area contributed by atoms with Crippen LogP contribution in [-0.4, -0.2) is 10.2 Å². The van der Waals surface area contributed by atoms with Crippen LogP contribution in [0.3, 0.4) is 0 Å². The minimum absolute atomic E-state index is 0.203. The van der Waals surface area contributed by atoms with Gasteiger partial charge in [0.15, 0.2) is 0 Å². The van der Waals surface area contributed by atoms with Gasteiger partial charge < -0.3 is 5.73 Å². The first kappa shape index (κ1) is 9.42. The van der Waals surface area contributed by atoms with Crippen molar-refractivity contribution in [2.24, 2.45) is 0 Å². The monoisotopic (exact) mass is 271 g/mol. The van der Waals surface area contributed by atoms with Crippen LogP contribution in [0.1, 0.15) is 0 Å². The molecule has 0 fully saturated rings. The third-order valence-electron chi connectivity index (χ3n) is 1.73. The van der Waals surface area contributed by atoms with E-state index in [1.165, 1.54) is 11.3 Å². The van der Waals surface area contributed by atoms with Crippen LogP contribution in [0.25, 0.3) is 10.4 Å². The summed E-state index contributed by atoms with van der Waals surface area (Å²) in [7, 11) is 0. The maximum atomic E-state index is 11.2. The lowest BCUT2D eigenvalue weighted by atomic mass is 10.2. The fourth-order valence-electron chi connectivity index (χ4n) is 1.06. The Morgan fingerprint density at radius 2 is 2.29 bits per heavy atom. The quantitative estimate of drug-likeness (QED) is 0.832. The zero-order valence-corrected chi connectivity index (χ0v) is 9.35. The molecule has 0 radical (unpaired) electrons. The van der Waals surface area contributed by atoms with E-state index in [2.05, 4.69) is 26.1 Å². The van der Waals surface area contributed by atoms with E-state index in [0.717, 1.165) is 8.66 Å². The van der Waals surface area contributed by atoms with Gasteiger partial charge in [-0.15, -0.1) is 11.3 Å². The zero-order chi connectivity index (χ0) is 10.1. The number of anilines is 1. The zero-order valence-electron chi connectivity index (χ0n) is 6.95. The molecule has 0 unspecified atom stereocenters. The smallest absolute Gasteiger partial charge is 0.287 e. The molecule has 0 aliphatic rings. The molecule has 0 spiro atoms. The van der Waals surface area contributed by atoms with Crippen LogP contribution < -0.4 is 11.3 Å². The molecule has 0 atom stereocenters. The third kappa shape index (κ3) is 1.58. The predicted octanol–water partition coefficient (Wildman–Crippen LogP) is 1.84. The first-order chi connectivity index (χ1) is 6.68. The van der Waals surface area contributed by atoms with Gasteiger partial charge >= 0.3 is 0 Å². The van der Waals surface area contributed by atoms with Gasteiger partial charge in [0.25, 0.3) is 5.56 Å². The fourth-order valence-corrected chi connectivity index (χ4v) is 2.47. The molecule has 2 rings (SSSR count). The molecule has 0 aromatic carbocycles. The van der Waals surface area contributed by atoms with Crippen molar-refractivity contribution in [3.05, 3.63) is 32.5 Å². The number of nitrogens with two attached hydrogens (primary N) is 1. The van der Waals surface area contributed by atoms with E-state index in [-0.39, 0.29) is 11.2 Å². The highest BCUT2D eigenvalue weighted by molar-refractivity contribution is 9.11. The molecule has 0 amide bonds. The van der Waals surface area contributed by atoms with Gasteiger partial charge in [-0.2, -0.15) is 5.10 Å². The average molecular weight is 272 g/mol. The van der Waals surface area contributed by atoms with Gasteiger partial charge in [0, 0.05) is 10.4 Å². The lowest BCUT2D eigenvalue weighted by Crippen LogP contribution is -2.13.